The van der Waals surface area contributed by atoms with E-state index in [-0.39, 0.29) is 40.5 Å². The molecular formula is C21H24ClFN4O2. The van der Waals surface area contributed by atoms with Crippen molar-refractivity contribution in [1.82, 2.24) is 14.8 Å². The van der Waals surface area contributed by atoms with Gasteiger partial charge in [-0.3, -0.25) is 9.59 Å². The molecule has 0 aromatic carbocycles. The van der Waals surface area contributed by atoms with Gasteiger partial charge in [0.25, 0.3) is 0 Å². The Morgan fingerprint density at radius 1 is 1.21 bits per heavy atom. The molecule has 3 saturated heterocycles. The van der Waals surface area contributed by atoms with Gasteiger partial charge >= 0.3 is 0 Å². The van der Waals surface area contributed by atoms with Crippen LogP contribution in [0, 0.1) is 17.7 Å². The van der Waals surface area contributed by atoms with Crippen LogP contribution < -0.4 is 4.90 Å². The van der Waals surface area contributed by atoms with Crippen molar-refractivity contribution in [3.05, 3.63) is 35.3 Å². The summed E-state index contributed by atoms with van der Waals surface area (Å²) >= 11 is 5.87. The van der Waals surface area contributed by atoms with Crippen molar-refractivity contribution in [2.24, 2.45) is 11.8 Å². The number of halogens is 2. The first-order chi connectivity index (χ1) is 14.0. The van der Waals surface area contributed by atoms with Gasteiger partial charge in [0.1, 0.15) is 6.04 Å². The highest BCUT2D eigenvalue weighted by molar-refractivity contribution is 6.30. The van der Waals surface area contributed by atoms with Crippen molar-refractivity contribution < 1.29 is 14.0 Å². The summed E-state index contributed by atoms with van der Waals surface area (Å²) in [6, 6.07) is 0.848. The molecule has 0 radical (unpaired) electrons. The number of carbonyl (C=O) groups is 2. The number of carbonyl (C=O) groups excluding carboxylic acids is 2. The fourth-order valence-corrected chi connectivity index (χ4v) is 5.78. The smallest absolute Gasteiger partial charge is 0.246 e. The number of hydrogen-bond acceptors (Lipinski definition) is 4. The molecule has 0 saturated carbocycles. The second-order valence-corrected chi connectivity index (χ2v) is 8.98. The third-order valence-electron chi connectivity index (χ3n) is 6.81. The van der Waals surface area contributed by atoms with Gasteiger partial charge in [0.15, 0.2) is 11.6 Å². The fraction of sp³-hybridized carbons (Fsp3) is 0.571. The zero-order valence-electron chi connectivity index (χ0n) is 16.1. The Kier molecular flexibility index (Phi) is 4.73. The molecule has 29 heavy (non-hydrogen) atoms. The molecule has 2 amide bonds. The summed E-state index contributed by atoms with van der Waals surface area (Å²) in [5.41, 5.74) is 0. The van der Waals surface area contributed by atoms with Crippen LogP contribution in [0.1, 0.15) is 25.7 Å². The monoisotopic (exact) mass is 418 g/mol. The van der Waals surface area contributed by atoms with Gasteiger partial charge in [0.05, 0.1) is 5.02 Å². The number of anilines is 1. The van der Waals surface area contributed by atoms with E-state index in [4.69, 9.17) is 11.6 Å². The van der Waals surface area contributed by atoms with Crippen LogP contribution in [-0.2, 0) is 9.59 Å². The summed E-state index contributed by atoms with van der Waals surface area (Å²) in [5, 5.41) is 0.266. The lowest BCUT2D eigenvalue weighted by atomic mass is 9.71. The summed E-state index contributed by atoms with van der Waals surface area (Å²) in [4.78, 5) is 36.2. The molecule has 0 aliphatic carbocycles. The molecule has 5 heterocycles. The van der Waals surface area contributed by atoms with E-state index in [1.165, 1.54) is 12.3 Å². The van der Waals surface area contributed by atoms with Gasteiger partial charge in [0, 0.05) is 50.8 Å². The van der Waals surface area contributed by atoms with Crippen LogP contribution >= 0.6 is 11.6 Å². The number of aromatic nitrogens is 1. The fourth-order valence-electron chi connectivity index (χ4n) is 5.63. The first kappa shape index (κ1) is 18.9. The molecule has 8 heteroatoms. The molecule has 4 aliphatic heterocycles. The zero-order valence-corrected chi connectivity index (χ0v) is 16.9. The maximum atomic E-state index is 14.6. The molecule has 154 valence electrons. The van der Waals surface area contributed by atoms with Gasteiger partial charge in [-0.25, -0.2) is 9.37 Å². The highest BCUT2D eigenvalue weighted by Gasteiger charge is 2.53. The SMILES string of the molecule is O=C([C@H]1[C@@H]2C[C@@H](CN(c3ncc(Cl)cc3F)C2)[C@@H]2CCCC(=O)N21)N1CC=CC1. The largest absolute Gasteiger partial charge is 0.353 e. The summed E-state index contributed by atoms with van der Waals surface area (Å²) < 4.78 is 14.6. The van der Waals surface area contributed by atoms with Crippen molar-refractivity contribution in [2.45, 2.75) is 37.8 Å². The number of hydrogen-bond donors (Lipinski definition) is 0. The van der Waals surface area contributed by atoms with E-state index in [9.17, 15) is 14.0 Å². The Morgan fingerprint density at radius 2 is 1.97 bits per heavy atom. The topological polar surface area (TPSA) is 56.8 Å². The number of fused-ring (bicyclic) bond motifs is 4. The third kappa shape index (κ3) is 3.19. The summed E-state index contributed by atoms with van der Waals surface area (Å²) in [5.74, 6) is 0.137. The second-order valence-electron chi connectivity index (χ2n) is 8.54. The van der Waals surface area contributed by atoms with Crippen LogP contribution in [0.4, 0.5) is 10.2 Å². The number of amides is 2. The van der Waals surface area contributed by atoms with Crippen molar-refractivity contribution in [2.75, 3.05) is 31.1 Å². The Labute approximate surface area is 174 Å². The number of rotatable bonds is 2. The van der Waals surface area contributed by atoms with Crippen LogP contribution in [0.5, 0.6) is 0 Å². The summed E-state index contributed by atoms with van der Waals surface area (Å²) in [6.45, 7) is 2.34. The molecule has 3 fully saturated rings. The van der Waals surface area contributed by atoms with E-state index in [0.29, 0.717) is 32.6 Å². The van der Waals surface area contributed by atoms with E-state index in [1.807, 2.05) is 26.9 Å². The maximum absolute atomic E-state index is 14.6. The normalized spacial score (nSPS) is 31.2. The molecule has 0 spiro atoms. The van der Waals surface area contributed by atoms with E-state index < -0.39 is 11.9 Å². The highest BCUT2D eigenvalue weighted by Crippen LogP contribution is 2.43. The quantitative estimate of drug-likeness (QED) is 0.692. The number of nitrogens with zero attached hydrogens (tertiary/aromatic N) is 4. The lowest BCUT2D eigenvalue weighted by molar-refractivity contribution is -0.160. The van der Waals surface area contributed by atoms with Crippen molar-refractivity contribution >= 4 is 29.2 Å². The van der Waals surface area contributed by atoms with Crippen molar-refractivity contribution in [1.29, 1.82) is 0 Å². The Balaban J connectivity index is 1.49. The van der Waals surface area contributed by atoms with Crippen LogP contribution in [0.2, 0.25) is 5.02 Å². The first-order valence-corrected chi connectivity index (χ1v) is 10.7. The second kappa shape index (κ2) is 7.27. The molecule has 0 N–H and O–H groups in total. The third-order valence-corrected chi connectivity index (χ3v) is 7.02. The minimum absolute atomic E-state index is 0.0186. The summed E-state index contributed by atoms with van der Waals surface area (Å²) in [7, 11) is 0. The molecule has 1 aromatic heterocycles. The van der Waals surface area contributed by atoms with E-state index >= 15 is 0 Å². The molecule has 5 rings (SSSR count). The zero-order chi connectivity index (χ0) is 20.1. The predicted molar refractivity (Wildman–Crippen MR) is 107 cm³/mol. The molecule has 0 unspecified atom stereocenters. The van der Waals surface area contributed by atoms with Crippen molar-refractivity contribution in [3.63, 3.8) is 0 Å². The molecule has 4 aliphatic rings. The van der Waals surface area contributed by atoms with Crippen LogP contribution in [-0.4, -0.2) is 64.9 Å². The van der Waals surface area contributed by atoms with Gasteiger partial charge in [-0.15, -0.1) is 0 Å². The van der Waals surface area contributed by atoms with Gasteiger partial charge in [0.2, 0.25) is 11.8 Å². The standard InChI is InChI=1S/C21H24ClFN4O2/c22-15-9-16(23)20(24-10-15)26-11-13-8-14(12-26)19(21(29)25-6-1-2-7-25)27-17(13)4-3-5-18(27)28/h1-2,9-10,13-14,17,19H,3-8,11-12H2/t13-,14+,17-,19+/m0/s1. The molecule has 4 atom stereocenters. The Morgan fingerprint density at radius 3 is 2.72 bits per heavy atom. The molecule has 6 nitrogen and oxygen atoms in total. The van der Waals surface area contributed by atoms with Gasteiger partial charge in [-0.2, -0.15) is 0 Å². The Bertz CT molecular complexity index is 870. The molecule has 1 aromatic rings. The van der Waals surface area contributed by atoms with Crippen molar-refractivity contribution in [3.8, 4) is 0 Å². The lowest BCUT2D eigenvalue weighted by Gasteiger charge is -2.56. The number of piperidine rings is 3. The predicted octanol–water partition coefficient (Wildman–Crippen LogP) is 2.48. The minimum Gasteiger partial charge on any atom is -0.353 e. The molecular weight excluding hydrogens is 395 g/mol. The molecule has 2 bridgehead atoms. The average molecular weight is 419 g/mol. The lowest BCUT2D eigenvalue weighted by Crippen LogP contribution is -2.68. The van der Waals surface area contributed by atoms with E-state index in [0.717, 1.165) is 19.3 Å². The Hall–Kier alpha value is -2.15. The minimum atomic E-state index is -0.470. The van der Waals surface area contributed by atoms with Crippen LogP contribution in [0.25, 0.3) is 0 Å². The van der Waals surface area contributed by atoms with E-state index in [2.05, 4.69) is 4.98 Å². The van der Waals surface area contributed by atoms with Gasteiger partial charge in [-0.05, 0) is 31.2 Å². The van der Waals surface area contributed by atoms with Crippen LogP contribution in [0.15, 0.2) is 24.4 Å². The van der Waals surface area contributed by atoms with Gasteiger partial charge in [-0.1, -0.05) is 23.8 Å². The number of pyridine rings is 1. The van der Waals surface area contributed by atoms with Gasteiger partial charge < -0.3 is 14.7 Å². The first-order valence-electron chi connectivity index (χ1n) is 10.3. The van der Waals surface area contributed by atoms with Crippen LogP contribution in [0.3, 0.4) is 0 Å². The highest BCUT2D eigenvalue weighted by atomic mass is 35.5. The van der Waals surface area contributed by atoms with E-state index in [1.54, 1.807) is 0 Å². The maximum Gasteiger partial charge on any atom is 0.246 e. The summed E-state index contributed by atoms with van der Waals surface area (Å²) in [6.07, 6.45) is 8.57. The average Bonchev–Trinajstić information content (AvgIpc) is 3.23.